The van der Waals surface area contributed by atoms with Gasteiger partial charge in [-0.05, 0) is 26.0 Å². The summed E-state index contributed by atoms with van der Waals surface area (Å²) in [7, 11) is 3.15. The maximum Gasteiger partial charge on any atom is 0.138 e. The van der Waals surface area contributed by atoms with Gasteiger partial charge in [-0.25, -0.2) is 0 Å². The Morgan fingerprint density at radius 2 is 1.90 bits per heavy atom. The number of aliphatic hydroxyl groups excluding tert-OH is 1. The molecule has 1 aromatic carbocycles. The van der Waals surface area contributed by atoms with E-state index in [0.717, 1.165) is 11.1 Å². The van der Waals surface area contributed by atoms with Gasteiger partial charge in [-0.2, -0.15) is 0 Å². The number of hydrogen-bond donors (Lipinski definition) is 1. The van der Waals surface area contributed by atoms with Crippen LogP contribution in [0.5, 0.6) is 11.5 Å². The van der Waals surface area contributed by atoms with Crippen molar-refractivity contribution < 1.29 is 24.1 Å². The van der Waals surface area contributed by atoms with Gasteiger partial charge in [-0.15, -0.1) is 0 Å². The van der Waals surface area contributed by atoms with E-state index in [2.05, 4.69) is 0 Å². The van der Waals surface area contributed by atoms with Crippen molar-refractivity contribution >= 4 is 5.78 Å². The Morgan fingerprint density at radius 3 is 2.45 bits per heavy atom. The molecule has 1 fully saturated rings. The van der Waals surface area contributed by atoms with E-state index in [1.807, 2.05) is 0 Å². The molecule has 1 N–H and O–H groups in total. The first-order chi connectivity index (χ1) is 9.45. The highest BCUT2D eigenvalue weighted by Crippen LogP contribution is 2.62. The van der Waals surface area contributed by atoms with Gasteiger partial charge in [0, 0.05) is 11.1 Å². The normalized spacial score (nSPS) is 34.0. The number of hydrogen-bond acceptors (Lipinski definition) is 5. The Bertz CT molecular complexity index is 582. The van der Waals surface area contributed by atoms with Crippen molar-refractivity contribution in [1.29, 1.82) is 0 Å². The summed E-state index contributed by atoms with van der Waals surface area (Å²) in [6, 6.07) is 3.59. The summed E-state index contributed by atoms with van der Waals surface area (Å²) in [6.45, 7) is 3.27. The molecule has 3 rings (SSSR count). The van der Waals surface area contributed by atoms with Crippen molar-refractivity contribution in [3.05, 3.63) is 23.3 Å². The summed E-state index contributed by atoms with van der Waals surface area (Å²) in [5.74, 6) is 0.662. The molecule has 0 amide bonds. The lowest BCUT2D eigenvalue weighted by Crippen LogP contribution is -2.41. The number of benzene rings is 1. The summed E-state index contributed by atoms with van der Waals surface area (Å²) in [5, 5.41) is 10.5. The number of carbonyl (C=O) groups is 1. The molecule has 2 aliphatic heterocycles. The van der Waals surface area contributed by atoms with Crippen LogP contribution in [0.4, 0.5) is 0 Å². The first kappa shape index (κ1) is 13.4. The van der Waals surface area contributed by atoms with Crippen LogP contribution in [-0.4, -0.2) is 31.2 Å². The summed E-state index contributed by atoms with van der Waals surface area (Å²) in [4.78, 5) is 11.8. The van der Waals surface area contributed by atoms with Gasteiger partial charge < -0.3 is 19.3 Å². The maximum absolute atomic E-state index is 11.8. The van der Waals surface area contributed by atoms with Crippen LogP contribution in [0.25, 0.3) is 0 Å². The van der Waals surface area contributed by atoms with Crippen LogP contribution >= 0.6 is 0 Å². The molecule has 0 saturated carbocycles. The summed E-state index contributed by atoms with van der Waals surface area (Å²) >= 11 is 0. The topological polar surface area (TPSA) is 65.0 Å². The van der Waals surface area contributed by atoms with Gasteiger partial charge in [0.05, 0.1) is 26.2 Å². The van der Waals surface area contributed by atoms with Gasteiger partial charge in [-0.1, -0.05) is 0 Å². The van der Waals surface area contributed by atoms with Gasteiger partial charge in [-0.3, -0.25) is 4.79 Å². The van der Waals surface area contributed by atoms with Crippen molar-refractivity contribution in [2.45, 2.75) is 31.7 Å². The molecule has 108 valence electrons. The first-order valence-corrected chi connectivity index (χ1v) is 6.57. The monoisotopic (exact) mass is 278 g/mol. The zero-order valence-electron chi connectivity index (χ0n) is 12.0. The van der Waals surface area contributed by atoms with Crippen LogP contribution in [0.15, 0.2) is 12.1 Å². The van der Waals surface area contributed by atoms with E-state index < -0.39 is 23.7 Å². The fraction of sp³-hybridized carbons (Fsp3) is 0.533. The van der Waals surface area contributed by atoms with Gasteiger partial charge in [0.2, 0.25) is 0 Å². The van der Waals surface area contributed by atoms with Gasteiger partial charge in [0.15, 0.2) is 0 Å². The van der Waals surface area contributed by atoms with Crippen molar-refractivity contribution in [1.82, 2.24) is 0 Å². The average Bonchev–Trinajstić information content (AvgIpc) is 2.86. The van der Waals surface area contributed by atoms with E-state index in [1.165, 1.54) is 6.92 Å². The number of carbonyl (C=O) groups excluding carboxylic acids is 1. The second kappa shape index (κ2) is 4.20. The largest absolute Gasteiger partial charge is 0.496 e. The second-order valence-corrected chi connectivity index (χ2v) is 5.49. The highest BCUT2D eigenvalue weighted by atomic mass is 16.5. The Kier molecular flexibility index (Phi) is 2.81. The molecule has 1 saturated heterocycles. The third-order valence-electron chi connectivity index (χ3n) is 4.46. The fourth-order valence-electron chi connectivity index (χ4n) is 3.52. The summed E-state index contributed by atoms with van der Waals surface area (Å²) in [6.07, 6.45) is -1.36. The number of Topliss-reactive ketones (excluding diaryl/α,β-unsaturated/α-hetero) is 1. The van der Waals surface area contributed by atoms with Crippen LogP contribution in [-0.2, 0) is 15.1 Å². The van der Waals surface area contributed by atoms with E-state index in [1.54, 1.807) is 33.3 Å². The van der Waals surface area contributed by atoms with Crippen molar-refractivity contribution in [3.63, 3.8) is 0 Å². The molecular weight excluding hydrogens is 260 g/mol. The quantitative estimate of drug-likeness (QED) is 0.909. The molecule has 1 aromatic rings. The molecule has 5 heteroatoms. The summed E-state index contributed by atoms with van der Waals surface area (Å²) in [5.41, 5.74) is 0.671. The average molecular weight is 278 g/mol. The fourth-order valence-corrected chi connectivity index (χ4v) is 3.52. The third-order valence-corrected chi connectivity index (χ3v) is 4.46. The Balaban J connectivity index is 2.27. The van der Waals surface area contributed by atoms with Crippen molar-refractivity contribution in [3.8, 4) is 11.5 Å². The number of methoxy groups -OCH3 is 2. The van der Waals surface area contributed by atoms with E-state index in [4.69, 9.17) is 14.2 Å². The van der Waals surface area contributed by atoms with E-state index in [0.29, 0.717) is 11.5 Å². The number of aliphatic hydroxyl groups is 1. The first-order valence-electron chi connectivity index (χ1n) is 6.57. The maximum atomic E-state index is 11.8. The van der Waals surface area contributed by atoms with Gasteiger partial charge in [0.1, 0.15) is 29.0 Å². The van der Waals surface area contributed by atoms with Crippen LogP contribution in [0, 0.1) is 5.92 Å². The zero-order valence-corrected chi connectivity index (χ0v) is 12.0. The zero-order chi connectivity index (χ0) is 14.7. The molecule has 20 heavy (non-hydrogen) atoms. The van der Waals surface area contributed by atoms with Gasteiger partial charge in [0.25, 0.3) is 0 Å². The molecular formula is C15H18O5. The minimum atomic E-state index is -0.934. The molecule has 0 aliphatic carbocycles. The molecule has 2 aliphatic rings. The molecule has 0 aromatic heterocycles. The lowest BCUT2D eigenvalue weighted by Gasteiger charge is -2.32. The van der Waals surface area contributed by atoms with Gasteiger partial charge >= 0.3 is 0 Å². The number of ketones is 1. The van der Waals surface area contributed by atoms with E-state index in [-0.39, 0.29) is 5.78 Å². The Labute approximate surface area is 117 Å². The number of ether oxygens (including phenoxy) is 3. The third kappa shape index (κ3) is 1.42. The lowest BCUT2D eigenvalue weighted by molar-refractivity contribution is -0.124. The van der Waals surface area contributed by atoms with Crippen LogP contribution in [0.3, 0.4) is 0 Å². The molecule has 0 unspecified atom stereocenters. The second-order valence-electron chi connectivity index (χ2n) is 5.49. The van der Waals surface area contributed by atoms with E-state index in [9.17, 15) is 9.90 Å². The number of fused-ring (bicyclic) bond motifs is 5. The minimum absolute atomic E-state index is 0.0817. The molecule has 0 radical (unpaired) electrons. The van der Waals surface area contributed by atoms with E-state index >= 15 is 0 Å². The van der Waals surface area contributed by atoms with Crippen LogP contribution in [0.1, 0.15) is 31.1 Å². The van der Waals surface area contributed by atoms with Crippen LogP contribution < -0.4 is 9.47 Å². The highest BCUT2D eigenvalue weighted by Gasteiger charge is 2.63. The molecule has 4 atom stereocenters. The van der Waals surface area contributed by atoms with Crippen LogP contribution in [0.2, 0.25) is 0 Å². The summed E-state index contributed by atoms with van der Waals surface area (Å²) < 4.78 is 16.7. The molecule has 0 spiro atoms. The Morgan fingerprint density at radius 1 is 1.30 bits per heavy atom. The molecule has 2 bridgehead atoms. The van der Waals surface area contributed by atoms with Crippen molar-refractivity contribution in [2.24, 2.45) is 5.92 Å². The Hall–Kier alpha value is -1.59. The lowest BCUT2D eigenvalue weighted by atomic mass is 9.73. The number of rotatable bonds is 3. The highest BCUT2D eigenvalue weighted by molar-refractivity contribution is 5.82. The molecule has 5 nitrogen and oxygen atoms in total. The smallest absolute Gasteiger partial charge is 0.138 e. The SMILES string of the molecule is COc1ccc(OC)c2c1[C@H]1O[C@]2(C)[C@H](O)[C@@H]1C(C)=O. The predicted molar refractivity (Wildman–Crippen MR) is 70.9 cm³/mol. The predicted octanol–water partition coefficient (Wildman–Crippen LogP) is 1.57. The standard InChI is InChI=1S/C15H18O5/c1-7(16)10-13-11-8(18-3)5-6-9(19-4)12(11)15(2,20-13)14(10)17/h5-6,10,13-14,17H,1-4H3/t10-,13+,14-,15+/m1/s1. The van der Waals surface area contributed by atoms with Crippen molar-refractivity contribution in [2.75, 3.05) is 14.2 Å². The molecule has 2 heterocycles. The minimum Gasteiger partial charge on any atom is -0.496 e.